The van der Waals surface area contributed by atoms with Gasteiger partial charge in [0.15, 0.2) is 0 Å². The third kappa shape index (κ3) is 9.64. The monoisotopic (exact) mass is 482 g/mol. The molecule has 0 saturated heterocycles. The van der Waals surface area contributed by atoms with Crippen LogP contribution < -0.4 is 11.1 Å². The third-order valence-corrected chi connectivity index (χ3v) is 7.04. The summed E-state index contributed by atoms with van der Waals surface area (Å²) < 4.78 is 5.71. The highest BCUT2D eigenvalue weighted by Gasteiger charge is 2.32. The zero-order valence-electron chi connectivity index (χ0n) is 22.7. The number of hydrogen-bond acceptors (Lipinski definition) is 4. The Labute approximate surface area is 212 Å². The van der Waals surface area contributed by atoms with E-state index in [0.29, 0.717) is 19.3 Å². The number of carbonyl (C=O) groups excluding carboxylic acids is 2. The van der Waals surface area contributed by atoms with Crippen LogP contribution in [0.15, 0.2) is 58.7 Å². The van der Waals surface area contributed by atoms with Gasteiger partial charge in [0.25, 0.3) is 0 Å². The minimum atomic E-state index is -0.384. The minimum Gasteiger partial charge on any atom is -0.457 e. The smallest absolute Gasteiger partial charge is 0.331 e. The van der Waals surface area contributed by atoms with Crippen molar-refractivity contribution in [3.05, 3.63) is 58.7 Å². The van der Waals surface area contributed by atoms with E-state index < -0.39 is 0 Å². The maximum absolute atomic E-state index is 12.5. The molecule has 0 aromatic rings. The number of ether oxygens (including phenoxy) is 1. The van der Waals surface area contributed by atoms with Gasteiger partial charge in [-0.15, -0.1) is 0 Å². The first-order valence-electron chi connectivity index (χ1n) is 13.2. The van der Waals surface area contributed by atoms with Gasteiger partial charge < -0.3 is 15.8 Å². The Morgan fingerprint density at radius 3 is 2.60 bits per heavy atom. The van der Waals surface area contributed by atoms with Gasteiger partial charge in [-0.2, -0.15) is 0 Å². The average Bonchev–Trinajstić information content (AvgIpc) is 2.75. The second-order valence-corrected chi connectivity index (χ2v) is 10.9. The number of rotatable bonds is 9. The second-order valence-electron chi connectivity index (χ2n) is 10.9. The summed E-state index contributed by atoms with van der Waals surface area (Å²) in [7, 11) is 0. The lowest BCUT2D eigenvalue weighted by molar-refractivity contribution is -0.147. The highest BCUT2D eigenvalue weighted by atomic mass is 16.5. The molecule has 0 heterocycles. The molecule has 2 aliphatic carbocycles. The molecule has 0 bridgehead atoms. The average molecular weight is 483 g/mol. The predicted octanol–water partition coefficient (Wildman–Crippen LogP) is 6.23. The SMILES string of the molecule is CCCC(=O)NC1CC(N)CCC1OC(=O)/C=C(C)/C=C/C=C(C)/C=C/C1=C(C)CCCC1(C)C. The second kappa shape index (κ2) is 13.6. The van der Waals surface area contributed by atoms with E-state index in [1.54, 1.807) is 0 Å². The number of carbonyl (C=O) groups is 2. The van der Waals surface area contributed by atoms with Crippen molar-refractivity contribution < 1.29 is 14.3 Å². The number of amides is 1. The van der Waals surface area contributed by atoms with Crippen molar-refractivity contribution in [2.75, 3.05) is 0 Å². The highest BCUT2D eigenvalue weighted by molar-refractivity contribution is 5.83. The van der Waals surface area contributed by atoms with Gasteiger partial charge >= 0.3 is 5.97 Å². The van der Waals surface area contributed by atoms with Gasteiger partial charge in [-0.1, -0.05) is 62.3 Å². The van der Waals surface area contributed by atoms with Gasteiger partial charge in [0, 0.05) is 18.5 Å². The Hall–Kier alpha value is -2.40. The van der Waals surface area contributed by atoms with E-state index in [0.717, 1.165) is 24.0 Å². The Morgan fingerprint density at radius 1 is 1.17 bits per heavy atom. The summed E-state index contributed by atoms with van der Waals surface area (Å²) in [5.41, 5.74) is 11.2. The van der Waals surface area contributed by atoms with Crippen LogP contribution in [0.25, 0.3) is 0 Å². The fourth-order valence-corrected chi connectivity index (χ4v) is 5.02. The highest BCUT2D eigenvalue weighted by Crippen LogP contribution is 2.40. The molecule has 0 spiro atoms. The summed E-state index contributed by atoms with van der Waals surface area (Å²) in [6.07, 6.45) is 18.5. The van der Waals surface area contributed by atoms with Crippen molar-refractivity contribution in [1.29, 1.82) is 0 Å². The van der Waals surface area contributed by atoms with Crippen molar-refractivity contribution in [3.63, 3.8) is 0 Å². The molecule has 35 heavy (non-hydrogen) atoms. The summed E-state index contributed by atoms with van der Waals surface area (Å²) in [5, 5.41) is 3.00. The van der Waals surface area contributed by atoms with E-state index in [2.05, 4.69) is 45.2 Å². The molecule has 3 atom stereocenters. The lowest BCUT2D eigenvalue weighted by Gasteiger charge is -2.34. The van der Waals surface area contributed by atoms with Crippen LogP contribution >= 0.6 is 0 Å². The van der Waals surface area contributed by atoms with E-state index in [4.69, 9.17) is 10.5 Å². The van der Waals surface area contributed by atoms with Crippen molar-refractivity contribution >= 4 is 11.9 Å². The summed E-state index contributed by atoms with van der Waals surface area (Å²) >= 11 is 0. The maximum Gasteiger partial charge on any atom is 0.331 e. The maximum atomic E-state index is 12.5. The summed E-state index contributed by atoms with van der Waals surface area (Å²) in [4.78, 5) is 24.6. The molecule has 0 radical (unpaired) electrons. The van der Waals surface area contributed by atoms with E-state index in [1.807, 2.05) is 32.1 Å². The first-order chi connectivity index (χ1) is 16.5. The van der Waals surface area contributed by atoms with Crippen LogP contribution in [0.1, 0.15) is 92.9 Å². The van der Waals surface area contributed by atoms with Gasteiger partial charge in [0.05, 0.1) is 6.04 Å². The first kappa shape index (κ1) is 28.8. The number of nitrogens with two attached hydrogens (primary N) is 1. The van der Waals surface area contributed by atoms with Gasteiger partial charge in [-0.3, -0.25) is 4.79 Å². The normalized spacial score (nSPS) is 25.9. The number of nitrogens with one attached hydrogen (secondary N) is 1. The van der Waals surface area contributed by atoms with Crippen molar-refractivity contribution in [2.45, 2.75) is 111 Å². The lowest BCUT2D eigenvalue weighted by Crippen LogP contribution is -2.51. The fourth-order valence-electron chi connectivity index (χ4n) is 5.02. The number of allylic oxidation sites excluding steroid dienone is 9. The first-order valence-corrected chi connectivity index (χ1v) is 13.2. The minimum absolute atomic E-state index is 0.0167. The van der Waals surface area contributed by atoms with Gasteiger partial charge in [-0.05, 0) is 82.3 Å². The molecule has 0 aliphatic heterocycles. The van der Waals surface area contributed by atoms with Crippen LogP contribution in [0.2, 0.25) is 0 Å². The molecular weight excluding hydrogens is 436 g/mol. The van der Waals surface area contributed by atoms with Crippen LogP contribution in [0, 0.1) is 5.41 Å². The molecule has 3 unspecified atom stereocenters. The van der Waals surface area contributed by atoms with E-state index in [1.165, 1.54) is 36.5 Å². The Balaban J connectivity index is 1.95. The zero-order chi connectivity index (χ0) is 26.0. The number of esters is 1. The Kier molecular flexibility index (Phi) is 11.2. The van der Waals surface area contributed by atoms with Gasteiger partial charge in [0.1, 0.15) is 6.10 Å². The molecule has 1 amide bonds. The Bertz CT molecular complexity index is 905. The molecule has 3 N–H and O–H groups in total. The molecule has 194 valence electrons. The standard InChI is InChI=1S/C30H46N2O3/c1-7-10-28(33)32-26-20-24(31)15-17-27(26)35-29(34)19-22(3)12-8-11-21(2)14-16-25-23(4)13-9-18-30(25,5)6/h8,11-12,14,16,19,24,26-27H,7,9-10,13,15,17-18,20,31H2,1-6H3,(H,32,33)/b12-8+,16-14+,21-11+,22-19+. The topological polar surface area (TPSA) is 81.4 Å². The van der Waals surface area contributed by atoms with E-state index in [-0.39, 0.29) is 35.5 Å². The molecule has 1 saturated carbocycles. The van der Waals surface area contributed by atoms with Crippen molar-refractivity contribution in [2.24, 2.45) is 11.1 Å². The van der Waals surface area contributed by atoms with Crippen LogP contribution in [0.3, 0.4) is 0 Å². The fraction of sp³-hybridized carbons (Fsp3) is 0.600. The molecule has 0 aromatic carbocycles. The van der Waals surface area contributed by atoms with Crippen LogP contribution in [0.4, 0.5) is 0 Å². The van der Waals surface area contributed by atoms with Gasteiger partial charge in [0.2, 0.25) is 5.91 Å². The largest absolute Gasteiger partial charge is 0.457 e. The zero-order valence-corrected chi connectivity index (χ0v) is 22.7. The molecule has 2 aliphatic rings. The quantitative estimate of drug-likeness (QED) is 0.232. The van der Waals surface area contributed by atoms with E-state index >= 15 is 0 Å². The predicted molar refractivity (Wildman–Crippen MR) is 145 cm³/mol. The lowest BCUT2D eigenvalue weighted by atomic mass is 9.72. The van der Waals surface area contributed by atoms with Gasteiger partial charge in [-0.25, -0.2) is 4.79 Å². The van der Waals surface area contributed by atoms with Crippen LogP contribution in [-0.4, -0.2) is 30.1 Å². The molecule has 5 heteroatoms. The molecular formula is C30H46N2O3. The number of hydrogen-bond donors (Lipinski definition) is 2. The summed E-state index contributed by atoms with van der Waals surface area (Å²) in [6.45, 7) is 12.8. The molecule has 2 rings (SSSR count). The summed E-state index contributed by atoms with van der Waals surface area (Å²) in [6, 6.07) is -0.207. The van der Waals surface area contributed by atoms with Crippen LogP contribution in [0.5, 0.6) is 0 Å². The molecule has 0 aromatic heterocycles. The van der Waals surface area contributed by atoms with Crippen molar-refractivity contribution in [3.8, 4) is 0 Å². The molecule has 1 fully saturated rings. The Morgan fingerprint density at radius 2 is 1.91 bits per heavy atom. The third-order valence-electron chi connectivity index (χ3n) is 7.04. The van der Waals surface area contributed by atoms with E-state index in [9.17, 15) is 9.59 Å². The summed E-state index contributed by atoms with van der Waals surface area (Å²) in [5.74, 6) is -0.401. The molecule has 5 nitrogen and oxygen atoms in total. The van der Waals surface area contributed by atoms with Crippen molar-refractivity contribution in [1.82, 2.24) is 5.32 Å². The van der Waals surface area contributed by atoms with Crippen LogP contribution in [-0.2, 0) is 14.3 Å².